The van der Waals surface area contributed by atoms with Gasteiger partial charge in [0, 0.05) is 12.8 Å². The highest BCUT2D eigenvalue weighted by atomic mass is 19.1. The SMILES string of the molecule is CC(C)(C)OC(=O)NC(CC(=O)Cc1ccccc1F)C(=O)O. The fourth-order valence-corrected chi connectivity index (χ4v) is 1.80. The second-order valence-electron chi connectivity index (χ2n) is 6.05. The molecule has 0 aromatic heterocycles. The maximum atomic E-state index is 13.5. The first-order valence-electron chi connectivity index (χ1n) is 7.06. The second-order valence-corrected chi connectivity index (χ2v) is 6.05. The lowest BCUT2D eigenvalue weighted by Crippen LogP contribution is -2.44. The molecule has 0 aliphatic rings. The van der Waals surface area contributed by atoms with Gasteiger partial charge in [-0.2, -0.15) is 0 Å². The summed E-state index contributed by atoms with van der Waals surface area (Å²) in [5.41, 5.74) is -0.608. The highest BCUT2D eigenvalue weighted by Crippen LogP contribution is 2.10. The van der Waals surface area contributed by atoms with Crippen LogP contribution in [0.25, 0.3) is 0 Å². The van der Waals surface area contributed by atoms with Crippen LogP contribution in [0.1, 0.15) is 32.8 Å². The lowest BCUT2D eigenvalue weighted by atomic mass is 10.0. The molecular formula is C16H20FNO5. The van der Waals surface area contributed by atoms with Gasteiger partial charge in [-0.05, 0) is 32.4 Å². The van der Waals surface area contributed by atoms with Gasteiger partial charge in [-0.25, -0.2) is 14.0 Å². The maximum Gasteiger partial charge on any atom is 0.408 e. The molecule has 1 rings (SSSR count). The monoisotopic (exact) mass is 325 g/mol. The normalized spacial score (nSPS) is 12.3. The molecule has 2 N–H and O–H groups in total. The van der Waals surface area contributed by atoms with Crippen LogP contribution in [0.5, 0.6) is 0 Å². The summed E-state index contributed by atoms with van der Waals surface area (Å²) in [5.74, 6) is -2.40. The number of Topliss-reactive ketones (excluding diaryl/α,β-unsaturated/α-hetero) is 1. The Bertz CT molecular complexity index is 594. The predicted octanol–water partition coefficient (Wildman–Crippen LogP) is 2.31. The van der Waals surface area contributed by atoms with Crippen molar-refractivity contribution >= 4 is 17.8 Å². The van der Waals surface area contributed by atoms with E-state index >= 15 is 0 Å². The molecule has 0 spiro atoms. The predicted molar refractivity (Wildman–Crippen MR) is 80.5 cm³/mol. The Hall–Kier alpha value is -2.44. The summed E-state index contributed by atoms with van der Waals surface area (Å²) < 4.78 is 18.4. The molecule has 0 aliphatic heterocycles. The molecule has 0 heterocycles. The van der Waals surface area contributed by atoms with Gasteiger partial charge in [0.1, 0.15) is 23.2 Å². The van der Waals surface area contributed by atoms with Crippen LogP contribution in [0.15, 0.2) is 24.3 Å². The quantitative estimate of drug-likeness (QED) is 0.837. The summed E-state index contributed by atoms with van der Waals surface area (Å²) in [7, 11) is 0. The van der Waals surface area contributed by atoms with E-state index < -0.39 is 41.7 Å². The number of hydrogen-bond donors (Lipinski definition) is 2. The zero-order chi connectivity index (χ0) is 17.6. The standard InChI is InChI=1S/C16H20FNO5/c1-16(2,3)23-15(22)18-13(14(20)21)9-11(19)8-10-6-4-5-7-12(10)17/h4-7,13H,8-9H2,1-3H3,(H,18,22)(H,20,21). The number of benzene rings is 1. The van der Waals surface area contributed by atoms with Crippen LogP contribution in [0, 0.1) is 5.82 Å². The van der Waals surface area contributed by atoms with Gasteiger partial charge in [-0.1, -0.05) is 18.2 Å². The average molecular weight is 325 g/mol. The van der Waals surface area contributed by atoms with E-state index in [0.717, 1.165) is 0 Å². The Morgan fingerprint density at radius 1 is 1.26 bits per heavy atom. The van der Waals surface area contributed by atoms with Gasteiger partial charge in [0.25, 0.3) is 0 Å². The maximum absolute atomic E-state index is 13.5. The average Bonchev–Trinajstić information content (AvgIpc) is 2.38. The molecule has 126 valence electrons. The fourth-order valence-electron chi connectivity index (χ4n) is 1.80. The molecule has 0 fully saturated rings. The Morgan fingerprint density at radius 2 is 1.87 bits per heavy atom. The van der Waals surface area contributed by atoms with Crippen LogP contribution in [-0.4, -0.2) is 34.6 Å². The zero-order valence-electron chi connectivity index (χ0n) is 13.3. The number of amides is 1. The highest BCUT2D eigenvalue weighted by molar-refractivity contribution is 5.89. The topological polar surface area (TPSA) is 92.7 Å². The van der Waals surface area contributed by atoms with Crippen LogP contribution < -0.4 is 5.32 Å². The second kappa shape index (κ2) is 7.71. The van der Waals surface area contributed by atoms with Gasteiger partial charge in [-0.3, -0.25) is 4.79 Å². The molecule has 0 bridgehead atoms. The van der Waals surface area contributed by atoms with Crippen LogP contribution >= 0.6 is 0 Å². The van der Waals surface area contributed by atoms with Gasteiger partial charge in [0.15, 0.2) is 0 Å². The largest absolute Gasteiger partial charge is 0.480 e. The first kappa shape index (κ1) is 18.6. The van der Waals surface area contributed by atoms with Gasteiger partial charge < -0.3 is 15.2 Å². The molecule has 0 radical (unpaired) electrons. The Morgan fingerprint density at radius 3 is 2.39 bits per heavy atom. The summed E-state index contributed by atoms with van der Waals surface area (Å²) >= 11 is 0. The van der Waals surface area contributed by atoms with E-state index in [4.69, 9.17) is 9.84 Å². The molecule has 1 aromatic rings. The third-order valence-corrected chi connectivity index (χ3v) is 2.77. The van der Waals surface area contributed by atoms with Crippen molar-refractivity contribution in [2.24, 2.45) is 0 Å². The first-order valence-corrected chi connectivity index (χ1v) is 7.06. The fraction of sp³-hybridized carbons (Fsp3) is 0.438. The van der Waals surface area contributed by atoms with Gasteiger partial charge in [-0.15, -0.1) is 0 Å². The van der Waals surface area contributed by atoms with Crippen molar-refractivity contribution in [3.05, 3.63) is 35.6 Å². The molecule has 1 unspecified atom stereocenters. The van der Waals surface area contributed by atoms with Crippen molar-refractivity contribution in [3.63, 3.8) is 0 Å². The number of halogens is 1. The summed E-state index contributed by atoms with van der Waals surface area (Å²) in [6, 6.07) is 4.32. The number of carboxylic acids is 1. The van der Waals surface area contributed by atoms with Gasteiger partial charge in [0.2, 0.25) is 0 Å². The van der Waals surface area contributed by atoms with Gasteiger partial charge in [0.05, 0.1) is 0 Å². The molecule has 6 nitrogen and oxygen atoms in total. The summed E-state index contributed by atoms with van der Waals surface area (Å²) in [6.45, 7) is 4.89. The highest BCUT2D eigenvalue weighted by Gasteiger charge is 2.26. The lowest BCUT2D eigenvalue weighted by Gasteiger charge is -2.21. The van der Waals surface area contributed by atoms with Crippen molar-refractivity contribution < 1.29 is 28.6 Å². The third-order valence-electron chi connectivity index (χ3n) is 2.77. The number of carbonyl (C=O) groups excluding carboxylic acids is 2. The van der Waals surface area contributed by atoms with Crippen LogP contribution in [-0.2, 0) is 20.7 Å². The van der Waals surface area contributed by atoms with Crippen molar-refractivity contribution in [3.8, 4) is 0 Å². The Kier molecular flexibility index (Phi) is 6.24. The summed E-state index contributed by atoms with van der Waals surface area (Å²) in [5, 5.41) is 11.2. The van der Waals surface area contributed by atoms with E-state index in [-0.39, 0.29) is 12.0 Å². The summed E-state index contributed by atoms with van der Waals surface area (Å²) in [4.78, 5) is 34.7. The Labute approximate surface area is 133 Å². The zero-order valence-corrected chi connectivity index (χ0v) is 13.3. The summed E-state index contributed by atoms with van der Waals surface area (Å²) in [6.07, 6.45) is -1.63. The van der Waals surface area contributed by atoms with E-state index in [2.05, 4.69) is 5.32 Å². The molecule has 1 amide bonds. The Balaban J connectivity index is 2.65. The molecule has 0 saturated carbocycles. The molecular weight excluding hydrogens is 305 g/mol. The van der Waals surface area contributed by atoms with E-state index in [9.17, 15) is 18.8 Å². The number of nitrogens with one attached hydrogen (secondary N) is 1. The number of carbonyl (C=O) groups is 3. The van der Waals surface area contributed by atoms with Crippen LogP contribution in [0.3, 0.4) is 0 Å². The molecule has 0 aliphatic carbocycles. The number of hydrogen-bond acceptors (Lipinski definition) is 4. The lowest BCUT2D eigenvalue weighted by molar-refractivity contribution is -0.141. The van der Waals surface area contributed by atoms with Crippen LogP contribution in [0.2, 0.25) is 0 Å². The number of ether oxygens (including phenoxy) is 1. The van der Waals surface area contributed by atoms with E-state index in [1.165, 1.54) is 18.2 Å². The van der Waals surface area contributed by atoms with Crippen molar-refractivity contribution in [1.82, 2.24) is 5.32 Å². The number of ketones is 1. The van der Waals surface area contributed by atoms with E-state index in [1.54, 1.807) is 26.8 Å². The minimum atomic E-state index is -1.43. The smallest absolute Gasteiger partial charge is 0.408 e. The minimum Gasteiger partial charge on any atom is -0.480 e. The molecule has 1 atom stereocenters. The third kappa shape index (κ3) is 6.90. The number of carboxylic acid groups (broad SMARTS) is 1. The first-order chi connectivity index (χ1) is 10.6. The molecule has 7 heteroatoms. The minimum absolute atomic E-state index is 0.180. The molecule has 1 aromatic carbocycles. The van der Waals surface area contributed by atoms with Crippen LogP contribution in [0.4, 0.5) is 9.18 Å². The van der Waals surface area contributed by atoms with Crippen molar-refractivity contribution in [2.75, 3.05) is 0 Å². The number of aliphatic carboxylic acids is 1. The van der Waals surface area contributed by atoms with Crippen molar-refractivity contribution in [1.29, 1.82) is 0 Å². The molecule has 23 heavy (non-hydrogen) atoms. The number of alkyl carbamates (subject to hydrolysis) is 1. The van der Waals surface area contributed by atoms with E-state index in [1.807, 2.05) is 0 Å². The van der Waals surface area contributed by atoms with E-state index in [0.29, 0.717) is 0 Å². The molecule has 0 saturated heterocycles. The van der Waals surface area contributed by atoms with Crippen molar-refractivity contribution in [2.45, 2.75) is 45.3 Å². The number of rotatable bonds is 6. The van der Waals surface area contributed by atoms with Gasteiger partial charge >= 0.3 is 12.1 Å².